The molecular formula is C22H21BrN2O4S. The molecule has 1 N–H and O–H groups in total. The Morgan fingerprint density at radius 1 is 1.13 bits per heavy atom. The molecule has 0 saturated carbocycles. The molecule has 8 heteroatoms. The zero-order valence-corrected chi connectivity index (χ0v) is 19.4. The fourth-order valence-corrected chi connectivity index (χ4v) is 4.10. The second kappa shape index (κ2) is 8.97. The number of benzene rings is 2. The zero-order valence-electron chi connectivity index (χ0n) is 17.0. The van der Waals surface area contributed by atoms with Gasteiger partial charge in [-0.1, -0.05) is 6.07 Å². The van der Waals surface area contributed by atoms with Gasteiger partial charge in [-0.3, -0.25) is 19.8 Å². The first-order valence-corrected chi connectivity index (χ1v) is 10.4. The summed E-state index contributed by atoms with van der Waals surface area (Å²) in [6.07, 6.45) is 1.51. The molecule has 0 spiro atoms. The van der Waals surface area contributed by atoms with Crippen molar-refractivity contribution in [2.24, 2.45) is 0 Å². The van der Waals surface area contributed by atoms with Crippen LogP contribution in [-0.2, 0) is 9.59 Å². The van der Waals surface area contributed by atoms with Crippen molar-refractivity contribution < 1.29 is 19.1 Å². The molecule has 2 aromatic carbocycles. The third-order valence-corrected chi connectivity index (χ3v) is 5.29. The highest BCUT2D eigenvalue weighted by atomic mass is 79.9. The predicted molar refractivity (Wildman–Crippen MR) is 124 cm³/mol. The molecule has 2 aromatic rings. The van der Waals surface area contributed by atoms with E-state index in [1.165, 1.54) is 18.1 Å². The molecule has 0 atom stereocenters. The summed E-state index contributed by atoms with van der Waals surface area (Å²) in [6.45, 7) is 6.22. The smallest absolute Gasteiger partial charge is 0.270 e. The van der Waals surface area contributed by atoms with Crippen LogP contribution >= 0.6 is 28.1 Å². The summed E-state index contributed by atoms with van der Waals surface area (Å²) in [5.41, 5.74) is 3.17. The zero-order chi connectivity index (χ0) is 22.0. The molecule has 0 aliphatic carbocycles. The number of anilines is 1. The van der Waals surface area contributed by atoms with Crippen LogP contribution in [0.3, 0.4) is 0 Å². The first-order chi connectivity index (χ1) is 14.2. The van der Waals surface area contributed by atoms with Crippen molar-refractivity contribution in [1.82, 2.24) is 5.32 Å². The highest BCUT2D eigenvalue weighted by Gasteiger charge is 2.34. The van der Waals surface area contributed by atoms with Crippen LogP contribution in [0.4, 0.5) is 5.69 Å². The number of halogens is 1. The molecule has 0 bridgehead atoms. The van der Waals surface area contributed by atoms with Crippen LogP contribution in [0.1, 0.15) is 23.6 Å². The highest BCUT2D eigenvalue weighted by Crippen LogP contribution is 2.37. The topological polar surface area (TPSA) is 67.9 Å². The Balaban J connectivity index is 2.05. The van der Waals surface area contributed by atoms with E-state index in [4.69, 9.17) is 21.7 Å². The molecule has 1 fully saturated rings. The molecule has 1 heterocycles. The van der Waals surface area contributed by atoms with E-state index in [-0.39, 0.29) is 10.7 Å². The van der Waals surface area contributed by atoms with Crippen LogP contribution in [0.15, 0.2) is 40.4 Å². The first kappa shape index (κ1) is 22.0. The van der Waals surface area contributed by atoms with Crippen molar-refractivity contribution in [3.05, 3.63) is 57.1 Å². The van der Waals surface area contributed by atoms with Gasteiger partial charge < -0.3 is 9.47 Å². The van der Waals surface area contributed by atoms with Crippen molar-refractivity contribution >= 4 is 56.8 Å². The number of aryl methyl sites for hydroxylation is 2. The summed E-state index contributed by atoms with van der Waals surface area (Å²) in [5, 5.41) is 2.66. The fraction of sp³-hybridized carbons (Fsp3) is 0.227. The van der Waals surface area contributed by atoms with Gasteiger partial charge >= 0.3 is 0 Å². The minimum absolute atomic E-state index is 0.0270. The van der Waals surface area contributed by atoms with E-state index in [2.05, 4.69) is 21.2 Å². The molecule has 1 aliphatic heterocycles. The molecule has 0 unspecified atom stereocenters. The van der Waals surface area contributed by atoms with E-state index >= 15 is 0 Å². The van der Waals surface area contributed by atoms with Crippen molar-refractivity contribution in [2.75, 3.05) is 18.6 Å². The summed E-state index contributed by atoms with van der Waals surface area (Å²) in [5.74, 6) is 0.00960. The van der Waals surface area contributed by atoms with E-state index in [1.807, 2.05) is 39.0 Å². The Hall–Kier alpha value is -2.71. The van der Waals surface area contributed by atoms with Crippen LogP contribution in [0.2, 0.25) is 0 Å². The SMILES string of the molecule is CCOc1c(Br)cc(/C=C2\C(=O)NC(=S)N(c3cc(C)cc(C)c3)C2=O)cc1OC. The number of nitrogens with zero attached hydrogens (tertiary/aromatic N) is 1. The molecule has 3 rings (SSSR count). The monoisotopic (exact) mass is 488 g/mol. The van der Waals surface area contributed by atoms with Crippen LogP contribution in [0.25, 0.3) is 6.08 Å². The average Bonchev–Trinajstić information content (AvgIpc) is 2.66. The average molecular weight is 489 g/mol. The number of nitrogens with one attached hydrogen (secondary N) is 1. The van der Waals surface area contributed by atoms with E-state index < -0.39 is 11.8 Å². The number of hydrogen-bond acceptors (Lipinski definition) is 5. The molecular weight excluding hydrogens is 468 g/mol. The largest absolute Gasteiger partial charge is 0.493 e. The Labute approximate surface area is 189 Å². The lowest BCUT2D eigenvalue weighted by Gasteiger charge is -2.29. The van der Waals surface area contributed by atoms with Crippen molar-refractivity contribution in [1.29, 1.82) is 0 Å². The van der Waals surface area contributed by atoms with E-state index in [0.29, 0.717) is 33.8 Å². The normalized spacial score (nSPS) is 15.4. The van der Waals surface area contributed by atoms with Crippen LogP contribution in [-0.4, -0.2) is 30.6 Å². The number of carbonyl (C=O) groups is 2. The standard InChI is InChI=1S/C22H21BrN2O4S/c1-5-29-19-17(23)10-14(11-18(19)28-4)9-16-20(26)24-22(30)25(21(16)27)15-7-12(2)6-13(3)8-15/h6-11H,5H2,1-4H3,(H,24,26,30)/b16-9+. The second-order valence-corrected chi connectivity index (χ2v) is 8.01. The molecule has 1 saturated heterocycles. The lowest BCUT2D eigenvalue weighted by molar-refractivity contribution is -0.122. The van der Waals surface area contributed by atoms with E-state index in [1.54, 1.807) is 12.1 Å². The number of rotatable bonds is 5. The van der Waals surface area contributed by atoms with Crippen molar-refractivity contribution in [3.8, 4) is 11.5 Å². The van der Waals surface area contributed by atoms with Gasteiger partial charge in [0.15, 0.2) is 16.6 Å². The van der Waals surface area contributed by atoms with Crippen molar-refractivity contribution in [3.63, 3.8) is 0 Å². The summed E-state index contributed by atoms with van der Waals surface area (Å²) >= 11 is 8.73. The summed E-state index contributed by atoms with van der Waals surface area (Å²) in [6, 6.07) is 9.16. The Morgan fingerprint density at radius 2 is 1.80 bits per heavy atom. The van der Waals surface area contributed by atoms with E-state index in [0.717, 1.165) is 11.1 Å². The number of ether oxygens (including phenoxy) is 2. The third-order valence-electron chi connectivity index (χ3n) is 4.42. The third kappa shape index (κ3) is 4.39. The maximum Gasteiger partial charge on any atom is 0.270 e. The fourth-order valence-electron chi connectivity index (χ4n) is 3.25. The lowest BCUT2D eigenvalue weighted by atomic mass is 10.1. The summed E-state index contributed by atoms with van der Waals surface area (Å²) < 4.78 is 11.6. The minimum Gasteiger partial charge on any atom is -0.493 e. The predicted octanol–water partition coefficient (Wildman–Crippen LogP) is 4.30. The minimum atomic E-state index is -0.547. The summed E-state index contributed by atoms with van der Waals surface area (Å²) in [4.78, 5) is 27.1. The maximum absolute atomic E-state index is 13.2. The molecule has 1 aliphatic rings. The molecule has 30 heavy (non-hydrogen) atoms. The van der Waals surface area contributed by atoms with Gasteiger partial charge in [0.25, 0.3) is 11.8 Å². The molecule has 156 valence electrons. The van der Waals surface area contributed by atoms with Crippen LogP contribution in [0, 0.1) is 13.8 Å². The van der Waals surface area contributed by atoms with Gasteiger partial charge in [-0.15, -0.1) is 0 Å². The number of methoxy groups -OCH3 is 1. The maximum atomic E-state index is 13.2. The van der Waals surface area contributed by atoms with Gasteiger partial charge in [0.1, 0.15) is 5.57 Å². The van der Waals surface area contributed by atoms with Gasteiger partial charge in [0, 0.05) is 0 Å². The molecule has 2 amide bonds. The van der Waals surface area contributed by atoms with E-state index in [9.17, 15) is 9.59 Å². The number of thiocarbonyl (C=S) groups is 1. The number of amides is 2. The quantitative estimate of drug-likeness (QED) is 0.385. The molecule has 0 radical (unpaired) electrons. The van der Waals surface area contributed by atoms with Gasteiger partial charge in [-0.25, -0.2) is 0 Å². The van der Waals surface area contributed by atoms with Crippen molar-refractivity contribution in [2.45, 2.75) is 20.8 Å². The molecule has 0 aromatic heterocycles. The molecule has 6 nitrogen and oxygen atoms in total. The number of hydrogen-bond donors (Lipinski definition) is 1. The Kier molecular flexibility index (Phi) is 6.58. The first-order valence-electron chi connectivity index (χ1n) is 9.25. The Bertz CT molecular complexity index is 1060. The Morgan fingerprint density at radius 3 is 2.40 bits per heavy atom. The van der Waals surface area contributed by atoms with Gasteiger partial charge in [0.2, 0.25) is 0 Å². The highest BCUT2D eigenvalue weighted by molar-refractivity contribution is 9.10. The van der Waals surface area contributed by atoms with Gasteiger partial charge in [-0.2, -0.15) is 0 Å². The van der Waals surface area contributed by atoms with Gasteiger partial charge in [-0.05, 0) is 96.0 Å². The summed E-state index contributed by atoms with van der Waals surface area (Å²) in [7, 11) is 1.53. The van der Waals surface area contributed by atoms with Gasteiger partial charge in [0.05, 0.1) is 23.9 Å². The number of carbonyl (C=O) groups excluding carboxylic acids is 2. The van der Waals surface area contributed by atoms with Crippen LogP contribution in [0.5, 0.6) is 11.5 Å². The van der Waals surface area contributed by atoms with Crippen LogP contribution < -0.4 is 19.7 Å². The lowest BCUT2D eigenvalue weighted by Crippen LogP contribution is -2.54. The second-order valence-electron chi connectivity index (χ2n) is 6.77.